The van der Waals surface area contributed by atoms with E-state index in [0.29, 0.717) is 24.2 Å². The molecule has 152 valence electrons. The first-order valence-corrected chi connectivity index (χ1v) is 10.2. The molecule has 9 nitrogen and oxygen atoms in total. The van der Waals surface area contributed by atoms with Gasteiger partial charge in [0.15, 0.2) is 5.75 Å². The standard InChI is InChI=1S/C18H16FN2O7P/c1-2-11-8-21(18(23)20-17(11)22)16-6-4-14(27-16)10-26-29(24)25-9-12-7-13(19)3-5-15(12)28-29/h1,3,5,7-8,14,16,24H,4,6,9-10H2/p+1. The molecule has 3 unspecified atom stereocenters. The Morgan fingerprint density at radius 2 is 2.24 bits per heavy atom. The number of halogens is 1. The van der Waals surface area contributed by atoms with Crippen LogP contribution in [0.4, 0.5) is 4.39 Å². The van der Waals surface area contributed by atoms with Gasteiger partial charge in [0.25, 0.3) is 5.56 Å². The fourth-order valence-electron chi connectivity index (χ4n) is 3.11. The number of terminal acetylenes is 1. The van der Waals surface area contributed by atoms with Crippen LogP contribution in [0.15, 0.2) is 34.0 Å². The van der Waals surface area contributed by atoms with Crippen molar-refractivity contribution >= 4 is 8.17 Å². The minimum atomic E-state index is -3.63. The number of H-pyrrole nitrogens is 1. The lowest BCUT2D eigenvalue weighted by atomic mass is 10.2. The van der Waals surface area contributed by atoms with Gasteiger partial charge in [0.1, 0.15) is 30.8 Å². The fraction of sp³-hybridized carbons (Fsp3) is 0.333. The smallest absolute Gasteiger partial charge is 0.352 e. The lowest BCUT2D eigenvalue weighted by Gasteiger charge is -2.22. The third-order valence-corrected chi connectivity index (χ3v) is 5.92. The average molecular weight is 423 g/mol. The van der Waals surface area contributed by atoms with Gasteiger partial charge in [0, 0.05) is 11.8 Å². The van der Waals surface area contributed by atoms with Crippen LogP contribution in [-0.2, 0) is 20.4 Å². The van der Waals surface area contributed by atoms with Gasteiger partial charge in [-0.15, -0.1) is 15.5 Å². The van der Waals surface area contributed by atoms with Gasteiger partial charge in [-0.3, -0.25) is 18.9 Å². The molecular weight excluding hydrogens is 406 g/mol. The minimum Gasteiger partial charge on any atom is -0.352 e. The summed E-state index contributed by atoms with van der Waals surface area (Å²) in [6.45, 7) is -0.0927. The number of aromatic nitrogens is 2. The van der Waals surface area contributed by atoms with E-state index in [1.807, 2.05) is 0 Å². The molecule has 3 heterocycles. The number of rotatable bonds is 4. The van der Waals surface area contributed by atoms with Gasteiger partial charge in [0.2, 0.25) is 0 Å². The van der Waals surface area contributed by atoms with E-state index in [0.717, 1.165) is 0 Å². The maximum absolute atomic E-state index is 13.2. The van der Waals surface area contributed by atoms with E-state index in [4.69, 9.17) is 24.7 Å². The Balaban J connectivity index is 1.39. The van der Waals surface area contributed by atoms with Gasteiger partial charge in [-0.05, 0) is 31.0 Å². The maximum atomic E-state index is 13.2. The third kappa shape index (κ3) is 4.10. The van der Waals surface area contributed by atoms with Crippen molar-refractivity contribution in [2.24, 2.45) is 0 Å². The molecule has 3 atom stereocenters. The van der Waals surface area contributed by atoms with Crippen molar-refractivity contribution in [3.05, 3.63) is 62.2 Å². The Morgan fingerprint density at radius 3 is 3.03 bits per heavy atom. The van der Waals surface area contributed by atoms with Crippen molar-refractivity contribution in [3.63, 3.8) is 0 Å². The average Bonchev–Trinajstić information content (AvgIpc) is 3.16. The third-order valence-electron chi connectivity index (χ3n) is 4.56. The number of nitrogens with zero attached hydrogens (tertiary/aromatic N) is 1. The highest BCUT2D eigenvalue weighted by molar-refractivity contribution is 7.55. The lowest BCUT2D eigenvalue weighted by molar-refractivity contribution is -0.0301. The highest BCUT2D eigenvalue weighted by Gasteiger charge is 2.51. The number of benzene rings is 1. The molecule has 0 bridgehead atoms. The Hall–Kier alpha value is -2.54. The van der Waals surface area contributed by atoms with Crippen molar-refractivity contribution in [2.45, 2.75) is 31.8 Å². The van der Waals surface area contributed by atoms with Gasteiger partial charge >= 0.3 is 13.9 Å². The first-order valence-electron chi connectivity index (χ1n) is 8.73. The SMILES string of the molecule is C#Cc1cn(C2CCC(CO[P+]3(O)OCc4cc(F)ccc4O3)O2)c(=O)[nH]c1=O. The maximum Gasteiger partial charge on any atom is 0.619 e. The van der Waals surface area contributed by atoms with Gasteiger partial charge in [-0.2, -0.15) is 4.89 Å². The van der Waals surface area contributed by atoms with Crippen molar-refractivity contribution in [3.8, 4) is 18.1 Å². The van der Waals surface area contributed by atoms with Crippen LogP contribution in [0.25, 0.3) is 0 Å². The molecule has 1 aromatic heterocycles. The van der Waals surface area contributed by atoms with Crippen molar-refractivity contribution < 1.29 is 27.6 Å². The normalized spacial score (nSPS) is 25.8. The molecule has 0 saturated carbocycles. The minimum absolute atomic E-state index is 0.0206. The van der Waals surface area contributed by atoms with Crippen LogP contribution in [0.5, 0.6) is 5.75 Å². The zero-order chi connectivity index (χ0) is 20.6. The summed E-state index contributed by atoms with van der Waals surface area (Å²) in [5.41, 5.74) is -0.774. The molecule has 1 aromatic carbocycles. The number of fused-ring (bicyclic) bond motifs is 1. The predicted molar refractivity (Wildman–Crippen MR) is 99.3 cm³/mol. The fourth-order valence-corrected chi connectivity index (χ4v) is 4.37. The second kappa shape index (κ2) is 7.71. The van der Waals surface area contributed by atoms with E-state index in [-0.39, 0.29) is 18.8 Å². The van der Waals surface area contributed by atoms with Crippen LogP contribution in [0.1, 0.15) is 30.2 Å². The quantitative estimate of drug-likeness (QED) is 0.568. The highest BCUT2D eigenvalue weighted by Crippen LogP contribution is 2.61. The number of hydrogen-bond acceptors (Lipinski definition) is 7. The number of aromatic amines is 1. The van der Waals surface area contributed by atoms with Crippen molar-refractivity contribution in [1.82, 2.24) is 9.55 Å². The predicted octanol–water partition coefficient (Wildman–Crippen LogP) is 1.63. The van der Waals surface area contributed by atoms with E-state index >= 15 is 0 Å². The molecule has 2 aromatic rings. The molecule has 29 heavy (non-hydrogen) atoms. The summed E-state index contributed by atoms with van der Waals surface area (Å²) in [5, 5.41) is 0. The molecule has 0 aliphatic carbocycles. The topological polar surface area (TPSA) is 112 Å². The molecule has 2 aliphatic heterocycles. The summed E-state index contributed by atoms with van der Waals surface area (Å²) in [6.07, 6.45) is 6.47. The Kier molecular flexibility index (Phi) is 5.25. The molecular formula is C18H17FN2O7P+. The first-order chi connectivity index (χ1) is 13.9. The molecule has 1 fully saturated rings. The molecule has 11 heteroatoms. The van der Waals surface area contributed by atoms with Crippen LogP contribution in [0, 0.1) is 18.2 Å². The Bertz CT molecular complexity index is 1090. The van der Waals surface area contributed by atoms with E-state index in [9.17, 15) is 18.9 Å². The van der Waals surface area contributed by atoms with Gasteiger partial charge in [-0.1, -0.05) is 5.92 Å². The first kappa shape index (κ1) is 19.8. The lowest BCUT2D eigenvalue weighted by Crippen LogP contribution is -2.33. The summed E-state index contributed by atoms with van der Waals surface area (Å²) in [4.78, 5) is 36.2. The van der Waals surface area contributed by atoms with Crippen LogP contribution in [-0.4, -0.2) is 27.2 Å². The largest absolute Gasteiger partial charge is 0.619 e. The Morgan fingerprint density at radius 1 is 1.41 bits per heavy atom. The highest BCUT2D eigenvalue weighted by atomic mass is 31.2. The molecule has 0 radical (unpaired) electrons. The zero-order valence-electron chi connectivity index (χ0n) is 15.0. The summed E-state index contributed by atoms with van der Waals surface area (Å²) in [6, 6.07) is 3.87. The molecule has 0 amide bonds. The van der Waals surface area contributed by atoms with Crippen LogP contribution in [0.2, 0.25) is 0 Å². The van der Waals surface area contributed by atoms with Crippen molar-refractivity contribution in [1.29, 1.82) is 0 Å². The van der Waals surface area contributed by atoms with E-state index in [1.54, 1.807) is 0 Å². The van der Waals surface area contributed by atoms with Crippen LogP contribution >= 0.6 is 8.17 Å². The second-order valence-corrected chi connectivity index (χ2v) is 8.16. The molecule has 1 saturated heterocycles. The number of ether oxygens (including phenoxy) is 1. The van der Waals surface area contributed by atoms with Crippen molar-refractivity contribution in [2.75, 3.05) is 6.61 Å². The second-order valence-electron chi connectivity index (χ2n) is 6.52. The monoisotopic (exact) mass is 423 g/mol. The van der Waals surface area contributed by atoms with E-state index in [1.165, 1.54) is 29.0 Å². The number of nitrogens with one attached hydrogen (secondary N) is 1. The van der Waals surface area contributed by atoms with Gasteiger partial charge in [0.05, 0.1) is 6.10 Å². The van der Waals surface area contributed by atoms with E-state index in [2.05, 4.69) is 10.9 Å². The Labute approximate surface area is 164 Å². The van der Waals surface area contributed by atoms with Gasteiger partial charge in [-0.25, -0.2) is 9.18 Å². The summed E-state index contributed by atoms with van der Waals surface area (Å²) < 4.78 is 36.4. The zero-order valence-corrected chi connectivity index (χ0v) is 15.9. The summed E-state index contributed by atoms with van der Waals surface area (Å²) in [7, 11) is -3.63. The molecule has 4 rings (SSSR count). The van der Waals surface area contributed by atoms with Crippen LogP contribution in [0.3, 0.4) is 0 Å². The van der Waals surface area contributed by atoms with E-state index < -0.39 is 37.6 Å². The molecule has 2 aliphatic rings. The summed E-state index contributed by atoms with van der Waals surface area (Å²) >= 11 is 0. The number of hydrogen-bond donors (Lipinski definition) is 2. The molecule has 2 N–H and O–H groups in total. The summed E-state index contributed by atoms with van der Waals surface area (Å²) in [5.74, 6) is 2.07. The van der Waals surface area contributed by atoms with Gasteiger partial charge < -0.3 is 4.74 Å². The molecule has 0 spiro atoms. The van der Waals surface area contributed by atoms with Crippen LogP contribution < -0.4 is 15.8 Å².